The minimum absolute atomic E-state index is 0.406. The Labute approximate surface area is 286 Å². The summed E-state index contributed by atoms with van der Waals surface area (Å²) in [6.45, 7) is -1.62. The lowest BCUT2D eigenvalue weighted by molar-refractivity contribution is -0.146. The highest BCUT2D eigenvalue weighted by Gasteiger charge is 2.49. The first kappa shape index (κ1) is 38.5. The average molecular weight is 689 g/mol. The fourth-order valence-corrected chi connectivity index (χ4v) is 8.37. The molecule has 0 aromatic rings. The molecule has 8 bridgehead atoms. The zero-order valence-electron chi connectivity index (χ0n) is 28.0. The van der Waals surface area contributed by atoms with Gasteiger partial charge < -0.3 is 40.9 Å². The van der Waals surface area contributed by atoms with E-state index in [2.05, 4.69) is 24.3 Å². The number of carbonyl (C=O) groups is 4. The molecule has 4 saturated carbocycles. The number of hydrogen-bond donors (Lipinski definition) is 8. The van der Waals surface area contributed by atoms with E-state index >= 15 is 0 Å². The zero-order valence-corrected chi connectivity index (χ0v) is 28.0. The van der Waals surface area contributed by atoms with Gasteiger partial charge in [0.05, 0.1) is 53.5 Å². The molecule has 8 atom stereocenters. The van der Waals surface area contributed by atoms with Crippen LogP contribution in [-0.4, -0.2) is 91.2 Å². The molecule has 49 heavy (non-hydrogen) atoms. The van der Waals surface area contributed by atoms with Crippen molar-refractivity contribution < 1.29 is 60.0 Å². The summed E-state index contributed by atoms with van der Waals surface area (Å²) in [7, 11) is 0. The molecule has 272 valence electrons. The molecule has 0 aliphatic heterocycles. The van der Waals surface area contributed by atoms with Gasteiger partial charge in [-0.05, 0) is 101 Å². The largest absolute Gasteiger partial charge is 0.481 e. The van der Waals surface area contributed by atoms with Gasteiger partial charge in [0.15, 0.2) is 0 Å². The Bertz CT molecular complexity index is 1160. The van der Waals surface area contributed by atoms with Gasteiger partial charge in [-0.3, -0.25) is 19.2 Å². The van der Waals surface area contributed by atoms with Gasteiger partial charge >= 0.3 is 23.9 Å². The number of aliphatic hydroxyl groups excluding tert-OH is 4. The number of fused-ring (bicyclic) bond motifs is 8. The molecule has 0 radical (unpaired) electrons. The maximum atomic E-state index is 10.7. The van der Waals surface area contributed by atoms with Gasteiger partial charge in [-0.25, -0.2) is 0 Å². The molecular weight excluding hydrogens is 636 g/mol. The van der Waals surface area contributed by atoms with Crippen LogP contribution in [0.15, 0.2) is 48.6 Å². The summed E-state index contributed by atoms with van der Waals surface area (Å²) in [6, 6.07) is 0. The van der Waals surface area contributed by atoms with E-state index in [1.165, 1.54) is 0 Å². The van der Waals surface area contributed by atoms with E-state index in [-0.39, 0.29) is 0 Å². The summed E-state index contributed by atoms with van der Waals surface area (Å²) < 4.78 is 0. The Hall–Kier alpha value is -3.32. The van der Waals surface area contributed by atoms with Gasteiger partial charge in [0.1, 0.15) is 0 Å². The monoisotopic (exact) mass is 688 g/mol. The highest BCUT2D eigenvalue weighted by molar-refractivity contribution is 5.80. The fraction of sp³-hybridized carbons (Fsp3) is 0.676. The molecule has 0 heterocycles. The van der Waals surface area contributed by atoms with Crippen molar-refractivity contribution in [2.75, 3.05) is 26.4 Å². The quantitative estimate of drug-likeness (QED) is 0.171. The van der Waals surface area contributed by atoms with Gasteiger partial charge in [0, 0.05) is 0 Å². The average Bonchev–Trinajstić information content (AvgIpc) is 3.98. The summed E-state index contributed by atoms with van der Waals surface area (Å²) in [5.74, 6) is -0.278. The molecular formula is C37H52O12. The molecule has 0 aromatic heterocycles. The highest BCUT2D eigenvalue weighted by atomic mass is 16.4. The van der Waals surface area contributed by atoms with Crippen LogP contribution in [0.5, 0.6) is 0 Å². The first-order valence-electron chi connectivity index (χ1n) is 17.3. The predicted molar refractivity (Wildman–Crippen MR) is 177 cm³/mol. The Kier molecular flexibility index (Phi) is 12.0. The summed E-state index contributed by atoms with van der Waals surface area (Å²) in [5, 5.41) is 69.3. The molecule has 0 amide bonds. The normalized spacial score (nSPS) is 37.0. The minimum Gasteiger partial charge on any atom is -0.481 e. The van der Waals surface area contributed by atoms with Gasteiger partial charge in [-0.2, -0.15) is 0 Å². The molecule has 8 rings (SSSR count). The number of aliphatic hydroxyl groups is 4. The third-order valence-corrected chi connectivity index (χ3v) is 12.1. The van der Waals surface area contributed by atoms with Crippen LogP contribution in [0.25, 0.3) is 0 Å². The number of rotatable bonds is 8. The Balaban J connectivity index is 0.000000138. The van der Waals surface area contributed by atoms with Crippen LogP contribution in [0.3, 0.4) is 0 Å². The third kappa shape index (κ3) is 8.03. The van der Waals surface area contributed by atoms with E-state index in [0.717, 1.165) is 77.0 Å². The van der Waals surface area contributed by atoms with Crippen molar-refractivity contribution in [1.29, 1.82) is 0 Å². The minimum atomic E-state index is -1.11. The van der Waals surface area contributed by atoms with Crippen LogP contribution in [0, 0.1) is 50.7 Å². The molecule has 8 unspecified atom stereocenters. The Morgan fingerprint density at radius 2 is 0.653 bits per heavy atom. The van der Waals surface area contributed by atoms with Crippen LogP contribution in [0.4, 0.5) is 0 Å². The van der Waals surface area contributed by atoms with E-state index in [1.807, 2.05) is 24.3 Å². The highest BCUT2D eigenvalue weighted by Crippen LogP contribution is 2.51. The van der Waals surface area contributed by atoms with Gasteiger partial charge in [-0.15, -0.1) is 0 Å². The van der Waals surface area contributed by atoms with E-state index in [0.29, 0.717) is 23.7 Å². The summed E-state index contributed by atoms with van der Waals surface area (Å²) in [4.78, 5) is 42.9. The SMILES string of the molecule is O=C(O)C12C=CC(CC1)C2.O=C(O)C12C=CC(CC1)C2.O=C(O)C12C=CC(CC1)C2.O=C(O)C12C=CC(CC1)C2.OCC(CO)(CO)CO. The lowest BCUT2D eigenvalue weighted by Crippen LogP contribution is -2.37. The standard InChI is InChI=1S/4C8H10O2.C5H12O4/c4*9-7(10)8-3-1-6(5-8)2-4-8;6-1-5(2-7,3-8)4-9/h4*1,3,6H,2,4-5H2,(H,9,10);6-9H,1-4H2. The number of carboxylic acids is 4. The number of allylic oxidation sites excluding steroid dienone is 4. The third-order valence-electron chi connectivity index (χ3n) is 12.1. The first-order valence-corrected chi connectivity index (χ1v) is 17.3. The van der Waals surface area contributed by atoms with E-state index in [9.17, 15) is 19.2 Å². The van der Waals surface area contributed by atoms with Crippen LogP contribution in [0.2, 0.25) is 0 Å². The maximum Gasteiger partial charge on any atom is 0.313 e. The van der Waals surface area contributed by atoms with Crippen LogP contribution in [0.1, 0.15) is 77.0 Å². The van der Waals surface area contributed by atoms with Gasteiger partial charge in [-0.1, -0.05) is 48.6 Å². The first-order chi connectivity index (χ1) is 23.2. The van der Waals surface area contributed by atoms with Gasteiger partial charge in [0.2, 0.25) is 0 Å². The van der Waals surface area contributed by atoms with Crippen molar-refractivity contribution in [2.45, 2.75) is 77.0 Å². The van der Waals surface area contributed by atoms with E-state index in [4.69, 9.17) is 40.9 Å². The lowest BCUT2D eigenvalue weighted by atomic mass is 9.88. The van der Waals surface area contributed by atoms with Crippen LogP contribution < -0.4 is 0 Å². The lowest BCUT2D eigenvalue weighted by Gasteiger charge is -2.23. The predicted octanol–water partition coefficient (Wildman–Crippen LogP) is 3.65. The maximum absolute atomic E-state index is 10.7. The Morgan fingerprint density at radius 3 is 0.694 bits per heavy atom. The van der Waals surface area contributed by atoms with Crippen LogP contribution >= 0.6 is 0 Å². The van der Waals surface area contributed by atoms with Crippen molar-refractivity contribution >= 4 is 23.9 Å². The number of hydrogen-bond acceptors (Lipinski definition) is 8. The van der Waals surface area contributed by atoms with Crippen molar-refractivity contribution in [3.8, 4) is 0 Å². The molecule has 0 spiro atoms. The zero-order chi connectivity index (χ0) is 36.1. The van der Waals surface area contributed by atoms with Crippen molar-refractivity contribution in [2.24, 2.45) is 50.7 Å². The van der Waals surface area contributed by atoms with E-state index < -0.39 is 77.4 Å². The topological polar surface area (TPSA) is 230 Å². The molecule has 8 aliphatic rings. The Morgan fingerprint density at radius 1 is 0.449 bits per heavy atom. The van der Waals surface area contributed by atoms with Crippen LogP contribution in [-0.2, 0) is 19.2 Å². The summed E-state index contributed by atoms with van der Waals surface area (Å²) in [5.41, 5.74) is -2.93. The number of carboxylic acid groups (broad SMARTS) is 4. The smallest absolute Gasteiger partial charge is 0.313 e. The summed E-state index contributed by atoms with van der Waals surface area (Å²) in [6.07, 6.45) is 26.8. The molecule has 12 nitrogen and oxygen atoms in total. The van der Waals surface area contributed by atoms with E-state index in [1.54, 1.807) is 0 Å². The molecule has 4 fully saturated rings. The second kappa shape index (κ2) is 15.3. The molecule has 0 saturated heterocycles. The fourth-order valence-electron chi connectivity index (χ4n) is 8.37. The molecule has 8 N–H and O–H groups in total. The number of aliphatic carboxylic acids is 4. The second-order valence-electron chi connectivity index (χ2n) is 15.4. The van der Waals surface area contributed by atoms with Crippen molar-refractivity contribution in [1.82, 2.24) is 0 Å². The summed E-state index contributed by atoms with van der Waals surface area (Å²) >= 11 is 0. The van der Waals surface area contributed by atoms with Crippen molar-refractivity contribution in [3.05, 3.63) is 48.6 Å². The van der Waals surface area contributed by atoms with Crippen molar-refractivity contribution in [3.63, 3.8) is 0 Å². The molecule has 12 heteroatoms. The van der Waals surface area contributed by atoms with Gasteiger partial charge in [0.25, 0.3) is 0 Å². The molecule has 8 aliphatic carbocycles. The second-order valence-corrected chi connectivity index (χ2v) is 15.4. The molecule has 0 aromatic carbocycles.